The third kappa shape index (κ3) is 2.54. The van der Waals surface area contributed by atoms with Gasteiger partial charge in [-0.15, -0.1) is 11.3 Å². The molecule has 1 aliphatic heterocycles. The molecule has 0 aliphatic carbocycles. The fourth-order valence-electron chi connectivity index (χ4n) is 3.67. The Balaban J connectivity index is 1.85. The molecule has 5 nitrogen and oxygen atoms in total. The van der Waals surface area contributed by atoms with Crippen molar-refractivity contribution in [3.05, 3.63) is 92.0 Å². The molecule has 0 N–H and O–H groups in total. The number of benzene rings is 2. The summed E-state index contributed by atoms with van der Waals surface area (Å²) in [6.45, 7) is 3.75. The van der Waals surface area contributed by atoms with Crippen LogP contribution < -0.4 is 10.3 Å². The Bertz CT molecular complexity index is 1340. The summed E-state index contributed by atoms with van der Waals surface area (Å²) >= 11 is 1.33. The zero-order valence-corrected chi connectivity index (χ0v) is 16.4. The van der Waals surface area contributed by atoms with E-state index in [1.807, 2.05) is 13.8 Å². The molecule has 1 amide bonds. The Morgan fingerprint density at radius 1 is 1.07 bits per heavy atom. The molecule has 1 aliphatic rings. The van der Waals surface area contributed by atoms with Crippen LogP contribution >= 0.6 is 11.3 Å². The number of fused-ring (bicyclic) bond motifs is 2. The molecule has 0 fully saturated rings. The Morgan fingerprint density at radius 2 is 1.79 bits per heavy atom. The molecule has 1 atom stereocenters. The molecule has 0 saturated heterocycles. The Labute approximate surface area is 169 Å². The van der Waals surface area contributed by atoms with Crippen LogP contribution in [0.3, 0.4) is 0 Å². The number of hydrogen-bond acceptors (Lipinski definition) is 5. The first-order chi connectivity index (χ1) is 14.0. The minimum atomic E-state index is -0.940. The monoisotopic (exact) mass is 406 g/mol. The maximum atomic E-state index is 14.8. The molecule has 0 radical (unpaired) electrons. The first kappa shape index (κ1) is 17.8. The van der Waals surface area contributed by atoms with E-state index in [2.05, 4.69) is 4.98 Å². The van der Waals surface area contributed by atoms with Gasteiger partial charge in [0.1, 0.15) is 17.4 Å². The number of aryl methyl sites for hydroxylation is 2. The van der Waals surface area contributed by atoms with Crippen molar-refractivity contribution in [2.45, 2.75) is 19.9 Å². The van der Waals surface area contributed by atoms with Gasteiger partial charge in [0, 0.05) is 10.4 Å². The van der Waals surface area contributed by atoms with Gasteiger partial charge in [-0.3, -0.25) is 14.5 Å². The van der Waals surface area contributed by atoms with Crippen LogP contribution in [0.15, 0.2) is 57.7 Å². The van der Waals surface area contributed by atoms with Gasteiger partial charge in [0.15, 0.2) is 10.6 Å². The molecular weight excluding hydrogens is 391 g/mol. The predicted octanol–water partition coefficient (Wildman–Crippen LogP) is 4.76. The topological polar surface area (TPSA) is 63.4 Å². The predicted molar refractivity (Wildman–Crippen MR) is 109 cm³/mol. The quantitative estimate of drug-likeness (QED) is 0.482. The van der Waals surface area contributed by atoms with Gasteiger partial charge in [-0.2, -0.15) is 0 Å². The maximum Gasteiger partial charge on any atom is 0.297 e. The molecule has 2 aromatic carbocycles. The smallest absolute Gasteiger partial charge is 0.297 e. The lowest BCUT2D eigenvalue weighted by molar-refractivity contribution is 0.0970. The first-order valence-electron chi connectivity index (χ1n) is 9.05. The third-order valence-electron chi connectivity index (χ3n) is 5.20. The fraction of sp³-hybridized carbons (Fsp3) is 0.136. The summed E-state index contributed by atoms with van der Waals surface area (Å²) < 4.78 is 20.6. The summed E-state index contributed by atoms with van der Waals surface area (Å²) in [6.07, 6.45) is 0. The van der Waals surface area contributed by atoms with E-state index in [0.29, 0.717) is 16.1 Å². The summed E-state index contributed by atoms with van der Waals surface area (Å²) in [6, 6.07) is 12.0. The SMILES string of the molecule is Cc1nc(N2C(=O)c3oc4ccccc4c(=O)c3[C@@H]2c2ccccc2F)sc1C. The van der Waals surface area contributed by atoms with Gasteiger partial charge in [-0.25, -0.2) is 9.37 Å². The number of thiazole rings is 1. The van der Waals surface area contributed by atoms with Crippen LogP contribution in [-0.4, -0.2) is 10.9 Å². The Morgan fingerprint density at radius 3 is 2.52 bits per heavy atom. The van der Waals surface area contributed by atoms with Gasteiger partial charge in [0.25, 0.3) is 5.91 Å². The highest BCUT2D eigenvalue weighted by Crippen LogP contribution is 2.43. The van der Waals surface area contributed by atoms with Gasteiger partial charge in [-0.05, 0) is 32.0 Å². The van der Waals surface area contributed by atoms with Crippen LogP contribution in [-0.2, 0) is 0 Å². The number of carbonyl (C=O) groups excluding carboxylic acids is 1. The molecule has 4 aromatic rings. The molecule has 0 bridgehead atoms. The van der Waals surface area contributed by atoms with Gasteiger partial charge >= 0.3 is 0 Å². The van der Waals surface area contributed by atoms with E-state index in [9.17, 15) is 14.0 Å². The van der Waals surface area contributed by atoms with Crippen molar-refractivity contribution < 1.29 is 13.6 Å². The van der Waals surface area contributed by atoms with Crippen molar-refractivity contribution in [3.63, 3.8) is 0 Å². The number of amides is 1. The summed E-state index contributed by atoms with van der Waals surface area (Å²) in [5.74, 6) is -1.06. The number of anilines is 1. The highest BCUT2D eigenvalue weighted by atomic mass is 32.1. The highest BCUT2D eigenvalue weighted by Gasteiger charge is 2.45. The van der Waals surface area contributed by atoms with Crippen LogP contribution in [0.4, 0.5) is 9.52 Å². The normalized spacial score (nSPS) is 15.9. The van der Waals surface area contributed by atoms with E-state index < -0.39 is 17.8 Å². The molecule has 2 aromatic heterocycles. The first-order valence-corrected chi connectivity index (χ1v) is 9.86. The number of carbonyl (C=O) groups is 1. The number of nitrogens with zero attached hydrogens (tertiary/aromatic N) is 2. The second-order valence-corrected chi connectivity index (χ2v) is 8.09. The van der Waals surface area contributed by atoms with Crippen LogP contribution in [0.1, 0.15) is 38.3 Å². The number of para-hydroxylation sites is 1. The van der Waals surface area contributed by atoms with Crippen LogP contribution in [0.25, 0.3) is 11.0 Å². The average molecular weight is 406 g/mol. The molecule has 7 heteroatoms. The summed E-state index contributed by atoms with van der Waals surface area (Å²) in [7, 11) is 0. The lowest BCUT2D eigenvalue weighted by atomic mass is 9.98. The van der Waals surface area contributed by atoms with E-state index in [1.54, 1.807) is 42.5 Å². The van der Waals surface area contributed by atoms with Crippen molar-refractivity contribution in [2.24, 2.45) is 0 Å². The Kier molecular flexibility index (Phi) is 3.89. The van der Waals surface area contributed by atoms with Crippen molar-refractivity contribution in [1.82, 2.24) is 4.98 Å². The minimum absolute atomic E-state index is 0.0625. The number of rotatable bonds is 2. The Hall–Kier alpha value is -3.32. The molecule has 5 rings (SSSR count). The number of halogens is 1. The molecule has 0 saturated carbocycles. The summed E-state index contributed by atoms with van der Waals surface area (Å²) in [5.41, 5.74) is 1.14. The van der Waals surface area contributed by atoms with Crippen molar-refractivity contribution in [2.75, 3.05) is 4.90 Å². The summed E-state index contributed by atoms with van der Waals surface area (Å²) in [4.78, 5) is 33.5. The largest absolute Gasteiger partial charge is 0.450 e. The van der Waals surface area contributed by atoms with Gasteiger partial charge in [0.2, 0.25) is 5.76 Å². The van der Waals surface area contributed by atoms with E-state index >= 15 is 0 Å². The molecule has 0 unspecified atom stereocenters. The number of hydrogen-bond donors (Lipinski definition) is 0. The molecule has 0 spiro atoms. The fourth-order valence-corrected chi connectivity index (χ4v) is 4.60. The van der Waals surface area contributed by atoms with Crippen LogP contribution in [0.2, 0.25) is 0 Å². The maximum absolute atomic E-state index is 14.8. The van der Waals surface area contributed by atoms with E-state index in [1.165, 1.54) is 22.3 Å². The number of aromatic nitrogens is 1. The summed E-state index contributed by atoms with van der Waals surface area (Å²) in [5, 5.41) is 0.766. The average Bonchev–Trinajstić information content (AvgIpc) is 3.19. The van der Waals surface area contributed by atoms with Crippen molar-refractivity contribution in [3.8, 4) is 0 Å². The van der Waals surface area contributed by atoms with Crippen LogP contribution in [0.5, 0.6) is 0 Å². The zero-order valence-electron chi connectivity index (χ0n) is 15.6. The van der Waals surface area contributed by atoms with Gasteiger partial charge in [-0.1, -0.05) is 30.3 Å². The van der Waals surface area contributed by atoms with Crippen LogP contribution in [0, 0.1) is 19.7 Å². The van der Waals surface area contributed by atoms with Crippen molar-refractivity contribution in [1.29, 1.82) is 0 Å². The van der Waals surface area contributed by atoms with E-state index in [0.717, 1.165) is 10.6 Å². The standard InChI is InChI=1S/C22H15FN2O3S/c1-11-12(2)29-22(24-11)25-18(13-7-3-5-9-15(13)23)17-19(26)14-8-4-6-10-16(14)28-20(17)21(25)27/h3-10,18H,1-2H3/t18-/m0/s1. The molecule has 29 heavy (non-hydrogen) atoms. The van der Waals surface area contributed by atoms with Gasteiger partial charge in [0.05, 0.1) is 16.6 Å². The molecule has 144 valence electrons. The lowest BCUT2D eigenvalue weighted by Crippen LogP contribution is -2.30. The minimum Gasteiger partial charge on any atom is -0.450 e. The van der Waals surface area contributed by atoms with Crippen molar-refractivity contribution >= 4 is 33.3 Å². The van der Waals surface area contributed by atoms with E-state index in [-0.39, 0.29) is 22.3 Å². The second kappa shape index (κ2) is 6.35. The lowest BCUT2D eigenvalue weighted by Gasteiger charge is -2.22. The van der Waals surface area contributed by atoms with Gasteiger partial charge < -0.3 is 4.42 Å². The molecular formula is C22H15FN2O3S. The third-order valence-corrected chi connectivity index (χ3v) is 6.27. The second-order valence-electron chi connectivity index (χ2n) is 6.91. The molecule has 3 heterocycles. The van der Waals surface area contributed by atoms with E-state index in [4.69, 9.17) is 4.42 Å². The highest BCUT2D eigenvalue weighted by molar-refractivity contribution is 7.15. The zero-order chi connectivity index (χ0) is 20.3.